The summed E-state index contributed by atoms with van der Waals surface area (Å²) in [7, 11) is 1.36. The minimum Gasteiger partial charge on any atom is -0.374 e. The predicted octanol–water partition coefficient (Wildman–Crippen LogP) is 2.37. The highest BCUT2D eigenvalue weighted by Crippen LogP contribution is 2.38. The maximum Gasteiger partial charge on any atom is 0.416 e. The number of rotatable bonds is 5. The highest BCUT2D eigenvalue weighted by Gasteiger charge is 2.36. The molecule has 2 rings (SSSR count). The van der Waals surface area contributed by atoms with Gasteiger partial charge in [0.2, 0.25) is 0 Å². The molecule has 0 aliphatic carbocycles. The van der Waals surface area contributed by atoms with Crippen molar-refractivity contribution < 1.29 is 17.9 Å². The number of benzene rings is 1. The zero-order chi connectivity index (χ0) is 18.1. The lowest BCUT2D eigenvalue weighted by Gasteiger charge is -2.21. The average molecular weight is 345 g/mol. The van der Waals surface area contributed by atoms with Crippen LogP contribution in [0.4, 0.5) is 13.2 Å². The molecule has 0 saturated heterocycles. The molecule has 1 unspecified atom stereocenters. The summed E-state index contributed by atoms with van der Waals surface area (Å²) < 4.78 is 46.3. The monoisotopic (exact) mass is 345 g/mol. The molecule has 9 heteroatoms. The van der Waals surface area contributed by atoms with Gasteiger partial charge in [0.05, 0.1) is 22.6 Å². The molecule has 0 fully saturated rings. The first-order chi connectivity index (χ1) is 11.2. The van der Waals surface area contributed by atoms with Crippen molar-refractivity contribution in [2.24, 2.45) is 0 Å². The van der Waals surface area contributed by atoms with Gasteiger partial charge < -0.3 is 15.1 Å². The van der Waals surface area contributed by atoms with Crippen LogP contribution in [0.15, 0.2) is 21.7 Å². The van der Waals surface area contributed by atoms with Gasteiger partial charge in [-0.3, -0.25) is 4.79 Å². The number of ether oxygens (including phenoxy) is 1. The Kier molecular flexibility index (Phi) is 5.02. The van der Waals surface area contributed by atoms with Crippen LogP contribution in [-0.2, 0) is 10.9 Å². The third-order valence-corrected chi connectivity index (χ3v) is 3.68. The van der Waals surface area contributed by atoms with Crippen molar-refractivity contribution in [3.05, 3.63) is 44.1 Å². The first kappa shape index (κ1) is 18.1. The molecule has 0 radical (unpaired) electrons. The standard InChI is InChI=1S/C15H18F3N3O3/c1-4-12(24-5-2)8-6-9-11(7-10(8)15(16,17)18)20-14(23)21(19-3)13(9)22/h6-7,12,19H,4-5H2,1-3H3,(H,20,23). The molecule has 0 saturated carbocycles. The summed E-state index contributed by atoms with van der Waals surface area (Å²) in [6, 6.07) is 1.93. The van der Waals surface area contributed by atoms with Crippen LogP contribution < -0.4 is 16.7 Å². The fourth-order valence-electron chi connectivity index (χ4n) is 2.62. The highest BCUT2D eigenvalue weighted by atomic mass is 19.4. The fraction of sp³-hybridized carbons (Fsp3) is 0.467. The zero-order valence-electron chi connectivity index (χ0n) is 13.5. The van der Waals surface area contributed by atoms with Crippen LogP contribution >= 0.6 is 0 Å². The lowest BCUT2D eigenvalue weighted by atomic mass is 9.97. The Bertz CT molecular complexity index is 855. The Morgan fingerprint density at radius 2 is 1.96 bits per heavy atom. The van der Waals surface area contributed by atoms with Crippen LogP contribution in [0.5, 0.6) is 0 Å². The van der Waals surface area contributed by atoms with E-state index >= 15 is 0 Å². The van der Waals surface area contributed by atoms with Crippen molar-refractivity contribution in [1.82, 2.24) is 9.66 Å². The number of hydrogen-bond donors (Lipinski definition) is 2. The van der Waals surface area contributed by atoms with Crippen LogP contribution in [0.1, 0.15) is 37.5 Å². The van der Waals surface area contributed by atoms with Crippen molar-refractivity contribution in [2.45, 2.75) is 32.5 Å². The van der Waals surface area contributed by atoms with E-state index in [0.29, 0.717) is 11.1 Å². The van der Waals surface area contributed by atoms with Crippen LogP contribution in [-0.4, -0.2) is 23.3 Å². The number of aromatic amines is 1. The second-order valence-corrected chi connectivity index (χ2v) is 5.13. The van der Waals surface area contributed by atoms with Gasteiger partial charge >= 0.3 is 11.9 Å². The second-order valence-electron chi connectivity index (χ2n) is 5.13. The molecule has 1 atom stereocenters. The minimum absolute atomic E-state index is 0.0231. The molecule has 0 spiro atoms. The van der Waals surface area contributed by atoms with Gasteiger partial charge in [0.1, 0.15) is 0 Å². The Labute approximate surface area is 135 Å². The number of alkyl halides is 3. The molecule has 2 aromatic rings. The lowest BCUT2D eigenvalue weighted by Crippen LogP contribution is -2.40. The minimum atomic E-state index is -4.64. The molecular formula is C15H18F3N3O3. The number of fused-ring (bicyclic) bond motifs is 1. The van der Waals surface area contributed by atoms with Gasteiger partial charge in [0, 0.05) is 13.7 Å². The molecule has 0 bridgehead atoms. The third kappa shape index (κ3) is 3.16. The van der Waals surface area contributed by atoms with E-state index in [2.05, 4.69) is 10.4 Å². The lowest BCUT2D eigenvalue weighted by molar-refractivity contribution is -0.139. The van der Waals surface area contributed by atoms with Gasteiger partial charge in [-0.15, -0.1) is 0 Å². The summed E-state index contributed by atoms with van der Waals surface area (Å²) in [6.07, 6.45) is -5.13. The van der Waals surface area contributed by atoms with Gasteiger partial charge in [-0.2, -0.15) is 17.8 Å². The number of nitrogens with zero attached hydrogens (tertiary/aromatic N) is 1. The average Bonchev–Trinajstić information content (AvgIpc) is 2.51. The van der Waals surface area contributed by atoms with Crippen molar-refractivity contribution in [1.29, 1.82) is 0 Å². The maximum atomic E-state index is 13.4. The molecule has 6 nitrogen and oxygen atoms in total. The quantitative estimate of drug-likeness (QED) is 0.872. The number of halogens is 3. The van der Waals surface area contributed by atoms with E-state index in [1.165, 1.54) is 7.05 Å². The summed E-state index contributed by atoms with van der Waals surface area (Å²) in [4.78, 5) is 26.4. The normalized spacial score (nSPS) is 13.2. The summed E-state index contributed by atoms with van der Waals surface area (Å²) >= 11 is 0. The van der Waals surface area contributed by atoms with Gasteiger partial charge in [0.15, 0.2) is 0 Å². The summed E-state index contributed by atoms with van der Waals surface area (Å²) in [5.74, 6) is 0. The molecule has 132 valence electrons. The van der Waals surface area contributed by atoms with Crippen LogP contribution in [0.3, 0.4) is 0 Å². The van der Waals surface area contributed by atoms with Crippen molar-refractivity contribution in [2.75, 3.05) is 19.1 Å². The van der Waals surface area contributed by atoms with Crippen LogP contribution in [0, 0.1) is 0 Å². The molecular weight excluding hydrogens is 327 g/mol. The molecule has 1 aromatic heterocycles. The molecule has 2 N–H and O–H groups in total. The molecule has 0 aliphatic heterocycles. The first-order valence-electron chi connectivity index (χ1n) is 7.44. The van der Waals surface area contributed by atoms with Crippen molar-refractivity contribution >= 4 is 10.9 Å². The highest BCUT2D eigenvalue weighted by molar-refractivity contribution is 5.79. The van der Waals surface area contributed by atoms with Crippen molar-refractivity contribution in [3.8, 4) is 0 Å². The topological polar surface area (TPSA) is 76.1 Å². The zero-order valence-corrected chi connectivity index (χ0v) is 13.5. The van der Waals surface area contributed by atoms with E-state index in [4.69, 9.17) is 4.74 Å². The fourth-order valence-corrected chi connectivity index (χ4v) is 2.62. The van der Waals surface area contributed by atoms with Gasteiger partial charge in [-0.1, -0.05) is 6.92 Å². The van der Waals surface area contributed by atoms with E-state index < -0.39 is 29.1 Å². The maximum absolute atomic E-state index is 13.4. The number of H-pyrrole nitrogens is 1. The summed E-state index contributed by atoms with van der Waals surface area (Å²) in [6.45, 7) is 3.62. The summed E-state index contributed by atoms with van der Waals surface area (Å²) in [5, 5.41) is -0.0231. The van der Waals surface area contributed by atoms with Gasteiger partial charge in [0.25, 0.3) is 5.56 Å². The Balaban J connectivity index is 2.88. The number of nitrogens with one attached hydrogen (secondary N) is 2. The molecule has 1 heterocycles. The molecule has 0 amide bonds. The van der Waals surface area contributed by atoms with Crippen LogP contribution in [0.2, 0.25) is 0 Å². The number of aromatic nitrogens is 2. The van der Waals surface area contributed by atoms with E-state index in [9.17, 15) is 22.8 Å². The Hall–Kier alpha value is -2.29. The number of hydrogen-bond acceptors (Lipinski definition) is 4. The SMILES string of the molecule is CCOC(CC)c1cc2c(=O)n(NC)c(=O)[nH]c2cc1C(F)(F)F. The molecule has 0 aliphatic rings. The second kappa shape index (κ2) is 6.68. The predicted molar refractivity (Wildman–Crippen MR) is 83.8 cm³/mol. The van der Waals surface area contributed by atoms with E-state index in [0.717, 1.165) is 12.1 Å². The van der Waals surface area contributed by atoms with E-state index in [1.807, 2.05) is 0 Å². The largest absolute Gasteiger partial charge is 0.416 e. The Morgan fingerprint density at radius 1 is 1.29 bits per heavy atom. The van der Waals surface area contributed by atoms with E-state index in [-0.39, 0.29) is 23.1 Å². The van der Waals surface area contributed by atoms with Crippen molar-refractivity contribution in [3.63, 3.8) is 0 Å². The summed E-state index contributed by atoms with van der Waals surface area (Å²) in [5.41, 5.74) is -0.380. The molecule has 1 aromatic carbocycles. The van der Waals surface area contributed by atoms with E-state index in [1.54, 1.807) is 13.8 Å². The molecule has 24 heavy (non-hydrogen) atoms. The van der Waals surface area contributed by atoms with Gasteiger partial charge in [-0.25, -0.2) is 4.79 Å². The van der Waals surface area contributed by atoms with Gasteiger partial charge in [-0.05, 0) is 31.0 Å². The smallest absolute Gasteiger partial charge is 0.374 e. The third-order valence-electron chi connectivity index (χ3n) is 3.68. The Morgan fingerprint density at radius 3 is 2.46 bits per heavy atom. The first-order valence-corrected chi connectivity index (χ1v) is 7.44. The van der Waals surface area contributed by atoms with Crippen LogP contribution in [0.25, 0.3) is 10.9 Å².